The van der Waals surface area contributed by atoms with Crippen LogP contribution in [-0.4, -0.2) is 21.6 Å². The molecule has 1 aromatic carbocycles. The number of anilines is 2. The van der Waals surface area contributed by atoms with E-state index in [4.69, 9.17) is 27.9 Å². The van der Waals surface area contributed by atoms with Gasteiger partial charge in [-0.3, -0.25) is 0 Å². The Morgan fingerprint density at radius 1 is 1.11 bits per heavy atom. The molecule has 0 radical (unpaired) electrons. The smallest absolute Gasteiger partial charge is 0.322 e. The summed E-state index contributed by atoms with van der Waals surface area (Å²) in [6.45, 7) is 2.52. The van der Waals surface area contributed by atoms with E-state index in [2.05, 4.69) is 20.3 Å². The van der Waals surface area contributed by atoms with Crippen LogP contribution in [0.25, 0.3) is 0 Å². The van der Waals surface area contributed by atoms with Crippen LogP contribution in [0.4, 0.5) is 11.6 Å². The van der Waals surface area contributed by atoms with Crippen LogP contribution in [-0.2, 0) is 0 Å². The summed E-state index contributed by atoms with van der Waals surface area (Å²) in [5, 5.41) is 3.74. The molecule has 1 heterocycles. The third-order valence-electron chi connectivity index (χ3n) is 2.12. The van der Waals surface area contributed by atoms with Gasteiger partial charge in [0.15, 0.2) is 0 Å². The molecule has 0 atom stereocenters. The first-order valence-corrected chi connectivity index (χ1v) is 6.50. The van der Waals surface area contributed by atoms with Gasteiger partial charge in [0, 0.05) is 10.7 Å². The van der Waals surface area contributed by atoms with Crippen LogP contribution in [0.1, 0.15) is 13.3 Å². The van der Waals surface area contributed by atoms with Gasteiger partial charge in [-0.2, -0.15) is 15.0 Å². The minimum absolute atomic E-state index is 0.0811. The summed E-state index contributed by atoms with van der Waals surface area (Å²) in [6, 6.07) is 7.36. The van der Waals surface area contributed by atoms with Crippen LogP contribution < -0.4 is 10.1 Å². The Morgan fingerprint density at radius 3 is 2.53 bits per heavy atom. The van der Waals surface area contributed by atoms with Gasteiger partial charge in [0.2, 0.25) is 11.2 Å². The second-order valence-electron chi connectivity index (χ2n) is 3.69. The van der Waals surface area contributed by atoms with Gasteiger partial charge in [-0.15, -0.1) is 0 Å². The molecule has 0 spiro atoms. The molecule has 5 nitrogen and oxygen atoms in total. The molecule has 1 N–H and O–H groups in total. The van der Waals surface area contributed by atoms with Crippen molar-refractivity contribution in [2.24, 2.45) is 0 Å². The van der Waals surface area contributed by atoms with E-state index in [0.717, 1.165) is 12.1 Å². The fourth-order valence-corrected chi connectivity index (χ4v) is 1.59. The van der Waals surface area contributed by atoms with Crippen molar-refractivity contribution in [2.45, 2.75) is 13.3 Å². The van der Waals surface area contributed by atoms with Crippen LogP contribution in [0.5, 0.6) is 6.01 Å². The minimum atomic E-state index is 0.0811. The Bertz CT molecular complexity index is 548. The van der Waals surface area contributed by atoms with Crippen LogP contribution >= 0.6 is 23.2 Å². The molecule has 0 aliphatic carbocycles. The average Bonchev–Trinajstić information content (AvgIpc) is 2.38. The highest BCUT2D eigenvalue weighted by Crippen LogP contribution is 2.18. The van der Waals surface area contributed by atoms with Gasteiger partial charge in [0.1, 0.15) is 0 Å². The molecule has 0 amide bonds. The van der Waals surface area contributed by atoms with Crippen LogP contribution in [0, 0.1) is 0 Å². The molecular weight excluding hydrogens is 287 g/mol. The predicted molar refractivity (Wildman–Crippen MR) is 75.4 cm³/mol. The van der Waals surface area contributed by atoms with Gasteiger partial charge in [0.25, 0.3) is 0 Å². The zero-order valence-electron chi connectivity index (χ0n) is 10.2. The standard InChI is InChI=1S/C12H12Cl2N4O/c1-2-7-19-12-17-10(14)16-11(18-12)15-9-5-3-8(13)4-6-9/h3-6H,2,7H2,1H3,(H,15,16,17,18). The quantitative estimate of drug-likeness (QED) is 0.912. The minimum Gasteiger partial charge on any atom is -0.463 e. The van der Waals surface area contributed by atoms with Gasteiger partial charge < -0.3 is 10.1 Å². The third-order valence-corrected chi connectivity index (χ3v) is 2.54. The van der Waals surface area contributed by atoms with Crippen LogP contribution in [0.3, 0.4) is 0 Å². The van der Waals surface area contributed by atoms with Gasteiger partial charge in [0.05, 0.1) is 6.61 Å². The summed E-state index contributed by atoms with van der Waals surface area (Å²) in [5.41, 5.74) is 0.799. The molecule has 0 saturated carbocycles. The van der Waals surface area contributed by atoms with E-state index in [1.165, 1.54) is 0 Å². The van der Waals surface area contributed by atoms with Crippen molar-refractivity contribution in [3.8, 4) is 6.01 Å². The highest BCUT2D eigenvalue weighted by molar-refractivity contribution is 6.30. The van der Waals surface area contributed by atoms with Crippen molar-refractivity contribution in [3.05, 3.63) is 34.6 Å². The summed E-state index contributed by atoms with van der Waals surface area (Å²) < 4.78 is 5.33. The van der Waals surface area contributed by atoms with Gasteiger partial charge >= 0.3 is 6.01 Å². The normalized spacial score (nSPS) is 10.3. The zero-order valence-corrected chi connectivity index (χ0v) is 11.7. The highest BCUT2D eigenvalue weighted by atomic mass is 35.5. The Morgan fingerprint density at radius 2 is 1.84 bits per heavy atom. The first kappa shape index (κ1) is 13.8. The second kappa shape index (κ2) is 6.54. The molecule has 0 unspecified atom stereocenters. The van der Waals surface area contributed by atoms with E-state index >= 15 is 0 Å². The summed E-state index contributed by atoms with van der Waals surface area (Å²) in [4.78, 5) is 12.0. The molecule has 0 aliphatic heterocycles. The van der Waals surface area contributed by atoms with Crippen LogP contribution in [0.15, 0.2) is 24.3 Å². The molecule has 19 heavy (non-hydrogen) atoms. The summed E-state index contributed by atoms with van der Waals surface area (Å²) in [7, 11) is 0. The fourth-order valence-electron chi connectivity index (χ4n) is 1.31. The highest BCUT2D eigenvalue weighted by Gasteiger charge is 2.06. The predicted octanol–water partition coefficient (Wildman–Crippen LogP) is 3.71. The maximum absolute atomic E-state index is 5.82. The lowest BCUT2D eigenvalue weighted by Gasteiger charge is -2.07. The van der Waals surface area contributed by atoms with E-state index in [1.54, 1.807) is 12.1 Å². The second-order valence-corrected chi connectivity index (χ2v) is 4.47. The lowest BCUT2D eigenvalue weighted by Crippen LogP contribution is -2.04. The molecule has 2 aromatic rings. The molecule has 7 heteroatoms. The van der Waals surface area contributed by atoms with Gasteiger partial charge in [-0.05, 0) is 42.3 Å². The maximum atomic E-state index is 5.82. The van der Waals surface area contributed by atoms with Crippen molar-refractivity contribution >= 4 is 34.8 Å². The molecule has 0 saturated heterocycles. The van der Waals surface area contributed by atoms with E-state index < -0.39 is 0 Å². The number of ether oxygens (including phenoxy) is 1. The van der Waals surface area contributed by atoms with Crippen molar-refractivity contribution in [1.82, 2.24) is 15.0 Å². The molecule has 0 bridgehead atoms. The first-order chi connectivity index (χ1) is 9.17. The van der Waals surface area contributed by atoms with E-state index in [-0.39, 0.29) is 11.3 Å². The largest absolute Gasteiger partial charge is 0.463 e. The summed E-state index contributed by atoms with van der Waals surface area (Å²) in [5.74, 6) is 0.327. The number of aromatic nitrogens is 3. The number of nitrogens with zero attached hydrogens (tertiary/aromatic N) is 3. The van der Waals surface area contributed by atoms with Crippen molar-refractivity contribution in [1.29, 1.82) is 0 Å². The fraction of sp³-hybridized carbons (Fsp3) is 0.250. The molecule has 100 valence electrons. The molecule has 1 aromatic heterocycles. The monoisotopic (exact) mass is 298 g/mol. The summed E-state index contributed by atoms with van der Waals surface area (Å²) in [6.07, 6.45) is 0.864. The van der Waals surface area contributed by atoms with E-state index in [9.17, 15) is 0 Å². The Labute approximate surface area is 121 Å². The third kappa shape index (κ3) is 4.22. The lowest BCUT2D eigenvalue weighted by molar-refractivity contribution is 0.292. The number of hydrogen-bond donors (Lipinski definition) is 1. The van der Waals surface area contributed by atoms with E-state index in [1.807, 2.05) is 19.1 Å². The number of nitrogens with one attached hydrogen (secondary N) is 1. The Kier molecular flexibility index (Phi) is 4.76. The van der Waals surface area contributed by atoms with Gasteiger partial charge in [-0.1, -0.05) is 18.5 Å². The number of hydrogen-bond acceptors (Lipinski definition) is 5. The average molecular weight is 299 g/mol. The number of halogens is 2. The zero-order chi connectivity index (χ0) is 13.7. The molecular formula is C12H12Cl2N4O. The molecule has 2 rings (SSSR count). The maximum Gasteiger partial charge on any atom is 0.322 e. The summed E-state index contributed by atoms with van der Waals surface area (Å²) >= 11 is 11.6. The topological polar surface area (TPSA) is 59.9 Å². The van der Waals surface area contributed by atoms with E-state index in [0.29, 0.717) is 17.6 Å². The van der Waals surface area contributed by atoms with Gasteiger partial charge in [-0.25, -0.2) is 0 Å². The number of benzene rings is 1. The molecule has 0 fully saturated rings. The van der Waals surface area contributed by atoms with Crippen molar-refractivity contribution in [3.63, 3.8) is 0 Å². The lowest BCUT2D eigenvalue weighted by atomic mass is 10.3. The van der Waals surface area contributed by atoms with Crippen molar-refractivity contribution < 1.29 is 4.74 Å². The van der Waals surface area contributed by atoms with Crippen LogP contribution in [0.2, 0.25) is 10.3 Å². The first-order valence-electron chi connectivity index (χ1n) is 5.74. The Hall–Kier alpha value is -1.59. The van der Waals surface area contributed by atoms with Crippen molar-refractivity contribution in [2.75, 3.05) is 11.9 Å². The Balaban J connectivity index is 2.15. The molecule has 0 aliphatic rings. The number of rotatable bonds is 5. The SMILES string of the molecule is CCCOc1nc(Cl)nc(Nc2ccc(Cl)cc2)n1.